The van der Waals surface area contributed by atoms with Crippen LogP contribution in [0.5, 0.6) is 0 Å². The van der Waals surface area contributed by atoms with Crippen LogP contribution in [0.4, 0.5) is 0 Å². The first-order chi connectivity index (χ1) is 7.08. The molecule has 0 saturated heterocycles. The highest BCUT2D eigenvalue weighted by molar-refractivity contribution is 7.79. The summed E-state index contributed by atoms with van der Waals surface area (Å²) >= 11 is 11.5. The first-order valence-corrected chi connectivity index (χ1v) is 5.75. The Labute approximate surface area is 101 Å². The quantitative estimate of drug-likeness (QED) is 0.605. The fraction of sp³-hybridized carbons (Fsp3) is 0.500. The lowest BCUT2D eigenvalue weighted by molar-refractivity contribution is 0.540. The lowest BCUT2D eigenvalue weighted by Crippen LogP contribution is -2.53. The third kappa shape index (κ3) is 2.04. The van der Waals surface area contributed by atoms with Crippen molar-refractivity contribution < 1.29 is 0 Å². The van der Waals surface area contributed by atoms with E-state index in [2.05, 4.69) is 37.9 Å². The molecule has 0 aliphatic heterocycles. The highest BCUT2D eigenvalue weighted by Crippen LogP contribution is 1.82. The molecular weight excluding hydrogens is 258 g/mol. The standard InChI is InChI=1S/C6H9N3O3S3/c10-4-7(1-13)5(11)9(3-15)6(12)8(4)2-14/h13-15H,1-3H2. The van der Waals surface area contributed by atoms with Crippen LogP contribution >= 0.6 is 37.9 Å². The molecule has 6 nitrogen and oxygen atoms in total. The maximum atomic E-state index is 11.5. The van der Waals surface area contributed by atoms with Crippen molar-refractivity contribution >= 4 is 37.9 Å². The lowest BCUT2D eigenvalue weighted by Gasteiger charge is -2.08. The average Bonchev–Trinajstić information content (AvgIpc) is 2.19. The fourth-order valence-corrected chi connectivity index (χ4v) is 1.77. The van der Waals surface area contributed by atoms with Gasteiger partial charge in [0.2, 0.25) is 0 Å². The van der Waals surface area contributed by atoms with Gasteiger partial charge in [-0.2, -0.15) is 37.9 Å². The van der Waals surface area contributed by atoms with Gasteiger partial charge < -0.3 is 0 Å². The second-order valence-corrected chi connectivity index (χ2v) is 3.40. The van der Waals surface area contributed by atoms with Crippen LogP contribution in [0, 0.1) is 0 Å². The van der Waals surface area contributed by atoms with Gasteiger partial charge in [0.05, 0.1) is 17.6 Å². The molecule has 1 heterocycles. The molecule has 0 aliphatic carbocycles. The smallest absolute Gasteiger partial charge is 0.247 e. The Morgan fingerprint density at radius 1 is 0.667 bits per heavy atom. The van der Waals surface area contributed by atoms with E-state index in [1.165, 1.54) is 0 Å². The molecule has 0 saturated carbocycles. The molecule has 15 heavy (non-hydrogen) atoms. The maximum absolute atomic E-state index is 11.5. The second kappa shape index (κ2) is 4.99. The summed E-state index contributed by atoms with van der Waals surface area (Å²) < 4.78 is 2.49. The summed E-state index contributed by atoms with van der Waals surface area (Å²) in [6.07, 6.45) is 0. The number of nitrogens with zero attached hydrogens (tertiary/aromatic N) is 3. The van der Waals surface area contributed by atoms with Gasteiger partial charge in [0.25, 0.3) is 0 Å². The summed E-state index contributed by atoms with van der Waals surface area (Å²) in [5, 5.41) is 0. The van der Waals surface area contributed by atoms with Crippen LogP contribution in [0.2, 0.25) is 0 Å². The summed E-state index contributed by atoms with van der Waals surface area (Å²) in [6.45, 7) is 0. The SMILES string of the molecule is O=c1n(CS)c(=O)n(CS)c(=O)n1CS. The molecule has 0 aromatic carbocycles. The van der Waals surface area contributed by atoms with Gasteiger partial charge in [-0.25, -0.2) is 28.1 Å². The normalized spacial score (nSPS) is 10.6. The van der Waals surface area contributed by atoms with Crippen molar-refractivity contribution in [2.45, 2.75) is 17.6 Å². The zero-order valence-electron chi connectivity index (χ0n) is 7.53. The minimum absolute atomic E-state index is 0.0977. The molecule has 0 unspecified atom stereocenters. The summed E-state index contributed by atoms with van der Waals surface area (Å²) in [5.74, 6) is -0.293. The molecule has 1 aromatic rings. The molecule has 0 bridgehead atoms. The Kier molecular flexibility index (Phi) is 4.17. The van der Waals surface area contributed by atoms with E-state index >= 15 is 0 Å². The van der Waals surface area contributed by atoms with Crippen LogP contribution in [-0.4, -0.2) is 13.7 Å². The van der Waals surface area contributed by atoms with Gasteiger partial charge in [-0.15, -0.1) is 0 Å². The first-order valence-electron chi connectivity index (χ1n) is 3.85. The third-order valence-electron chi connectivity index (χ3n) is 1.81. The van der Waals surface area contributed by atoms with Gasteiger partial charge in [-0.3, -0.25) is 0 Å². The van der Waals surface area contributed by atoms with Gasteiger partial charge >= 0.3 is 17.1 Å². The van der Waals surface area contributed by atoms with Crippen molar-refractivity contribution in [1.29, 1.82) is 0 Å². The van der Waals surface area contributed by atoms with E-state index in [4.69, 9.17) is 0 Å². The second-order valence-electron chi connectivity index (χ2n) is 2.56. The Hall–Kier alpha value is -0.540. The monoisotopic (exact) mass is 267 g/mol. The average molecular weight is 267 g/mol. The summed E-state index contributed by atoms with van der Waals surface area (Å²) in [4.78, 5) is 34.6. The third-order valence-corrected chi connectivity index (χ3v) is 2.66. The Balaban J connectivity index is 3.82. The largest absolute Gasteiger partial charge is 0.337 e. The Morgan fingerprint density at radius 3 is 1.00 bits per heavy atom. The van der Waals surface area contributed by atoms with Gasteiger partial charge in [0, 0.05) is 0 Å². The maximum Gasteiger partial charge on any atom is 0.337 e. The van der Waals surface area contributed by atoms with E-state index in [0.29, 0.717) is 0 Å². The molecular formula is C6H9N3O3S3. The van der Waals surface area contributed by atoms with Gasteiger partial charge in [0.1, 0.15) is 0 Å². The molecule has 0 spiro atoms. The molecule has 0 fully saturated rings. The zero-order valence-corrected chi connectivity index (χ0v) is 10.2. The summed E-state index contributed by atoms with van der Waals surface area (Å²) in [7, 11) is 0. The van der Waals surface area contributed by atoms with Gasteiger partial charge in [-0.05, 0) is 0 Å². The van der Waals surface area contributed by atoms with E-state index < -0.39 is 17.1 Å². The van der Waals surface area contributed by atoms with E-state index in [-0.39, 0.29) is 17.6 Å². The lowest BCUT2D eigenvalue weighted by atomic mass is 10.8. The number of rotatable bonds is 3. The predicted octanol–water partition coefficient (Wildman–Crippen LogP) is -1.17. The summed E-state index contributed by atoms with van der Waals surface area (Å²) in [6, 6.07) is 0. The van der Waals surface area contributed by atoms with E-state index in [0.717, 1.165) is 13.7 Å². The zero-order chi connectivity index (χ0) is 11.6. The highest BCUT2D eigenvalue weighted by Gasteiger charge is 2.12. The molecule has 9 heteroatoms. The van der Waals surface area contributed by atoms with E-state index in [1.807, 2.05) is 0 Å². The minimum atomic E-state index is -0.715. The number of hydrogen-bond donors (Lipinski definition) is 3. The topological polar surface area (TPSA) is 66.0 Å². The first kappa shape index (κ1) is 12.5. The van der Waals surface area contributed by atoms with E-state index in [9.17, 15) is 14.4 Å². The van der Waals surface area contributed by atoms with Crippen molar-refractivity contribution in [3.8, 4) is 0 Å². The molecule has 1 rings (SSSR count). The van der Waals surface area contributed by atoms with E-state index in [1.54, 1.807) is 0 Å². The van der Waals surface area contributed by atoms with Crippen molar-refractivity contribution in [2.75, 3.05) is 0 Å². The van der Waals surface area contributed by atoms with Crippen LogP contribution in [0.1, 0.15) is 0 Å². The van der Waals surface area contributed by atoms with Crippen molar-refractivity contribution in [1.82, 2.24) is 13.7 Å². The van der Waals surface area contributed by atoms with Crippen molar-refractivity contribution in [3.05, 3.63) is 31.5 Å². The van der Waals surface area contributed by atoms with Gasteiger partial charge in [-0.1, -0.05) is 0 Å². The van der Waals surface area contributed by atoms with Crippen LogP contribution in [0.25, 0.3) is 0 Å². The molecule has 1 aromatic heterocycles. The van der Waals surface area contributed by atoms with Crippen molar-refractivity contribution in [2.24, 2.45) is 0 Å². The molecule has 84 valence electrons. The van der Waals surface area contributed by atoms with Crippen LogP contribution in [-0.2, 0) is 17.6 Å². The molecule has 0 N–H and O–H groups in total. The van der Waals surface area contributed by atoms with Crippen LogP contribution in [0.15, 0.2) is 14.4 Å². The molecule has 0 aliphatic rings. The molecule has 0 amide bonds. The highest BCUT2D eigenvalue weighted by atomic mass is 32.1. The number of aromatic nitrogens is 3. The molecule has 0 radical (unpaired) electrons. The summed E-state index contributed by atoms with van der Waals surface area (Å²) in [5.41, 5.74) is -2.14. The number of thiol groups is 3. The minimum Gasteiger partial charge on any atom is -0.247 e. The van der Waals surface area contributed by atoms with Gasteiger partial charge in [0.15, 0.2) is 0 Å². The van der Waals surface area contributed by atoms with Crippen LogP contribution < -0.4 is 17.1 Å². The van der Waals surface area contributed by atoms with Crippen molar-refractivity contribution in [3.63, 3.8) is 0 Å². The Morgan fingerprint density at radius 2 is 0.867 bits per heavy atom. The predicted molar refractivity (Wildman–Crippen MR) is 66.2 cm³/mol. The number of hydrogen-bond acceptors (Lipinski definition) is 6. The fourth-order valence-electron chi connectivity index (χ4n) is 1.05. The van der Waals surface area contributed by atoms with Crippen LogP contribution in [0.3, 0.4) is 0 Å². The molecule has 0 atom stereocenters. The Bertz CT molecular complexity index is 423.